The van der Waals surface area contributed by atoms with Crippen LogP contribution in [0.3, 0.4) is 0 Å². The second-order valence-electron chi connectivity index (χ2n) is 4.65. The lowest BCUT2D eigenvalue weighted by Crippen LogP contribution is -2.19. The second-order valence-corrected chi connectivity index (χ2v) is 6.33. The van der Waals surface area contributed by atoms with Gasteiger partial charge in [0.15, 0.2) is 9.78 Å². The molecule has 0 unspecified atom stereocenters. The Morgan fingerprint density at radius 1 is 1.36 bits per heavy atom. The summed E-state index contributed by atoms with van der Waals surface area (Å²) in [7, 11) is 0. The van der Waals surface area contributed by atoms with Crippen LogP contribution in [0.1, 0.15) is 17.8 Å². The van der Waals surface area contributed by atoms with Crippen LogP contribution in [-0.4, -0.2) is 20.7 Å². The Hall–Kier alpha value is -2.32. The number of rotatable bonds is 3. The Kier molecular flexibility index (Phi) is 3.63. The maximum Gasteiger partial charge on any atom is 0.326 e. The van der Waals surface area contributed by atoms with Gasteiger partial charge in [-0.3, -0.25) is 4.57 Å². The van der Waals surface area contributed by atoms with E-state index in [1.807, 2.05) is 24.3 Å². The van der Waals surface area contributed by atoms with Crippen LogP contribution >= 0.6 is 23.6 Å². The van der Waals surface area contributed by atoms with Gasteiger partial charge in [0.2, 0.25) is 5.88 Å². The summed E-state index contributed by atoms with van der Waals surface area (Å²) >= 11 is 6.25. The van der Waals surface area contributed by atoms with E-state index in [0.717, 1.165) is 22.1 Å². The van der Waals surface area contributed by atoms with E-state index in [1.165, 1.54) is 11.5 Å². The van der Waals surface area contributed by atoms with Crippen molar-refractivity contribution in [1.82, 2.24) is 4.57 Å². The van der Waals surface area contributed by atoms with Gasteiger partial charge in [0.05, 0.1) is 15.6 Å². The minimum Gasteiger partial charge on any atom is -0.493 e. The Bertz CT molecular complexity index is 935. The first-order chi connectivity index (χ1) is 10.5. The van der Waals surface area contributed by atoms with Crippen LogP contribution in [0.5, 0.6) is 5.88 Å². The molecule has 1 aromatic heterocycles. The summed E-state index contributed by atoms with van der Waals surface area (Å²) in [6.07, 6.45) is 1.60. The van der Waals surface area contributed by atoms with Crippen molar-refractivity contribution in [2.45, 2.75) is 13.0 Å². The molecule has 6 nitrogen and oxygen atoms in total. The molecule has 1 atom stereocenters. The second kappa shape index (κ2) is 5.47. The summed E-state index contributed by atoms with van der Waals surface area (Å²) in [5.41, 5.74) is 0. The van der Waals surface area contributed by atoms with E-state index >= 15 is 0 Å². The highest BCUT2D eigenvalue weighted by Crippen LogP contribution is 2.31. The van der Waals surface area contributed by atoms with E-state index in [2.05, 4.69) is 9.98 Å². The van der Waals surface area contributed by atoms with Crippen LogP contribution in [0.2, 0.25) is 0 Å². The fourth-order valence-corrected chi connectivity index (χ4v) is 3.45. The minimum absolute atomic E-state index is 0.182. The zero-order valence-corrected chi connectivity index (χ0v) is 13.1. The van der Waals surface area contributed by atoms with Crippen LogP contribution in [0.25, 0.3) is 6.08 Å². The predicted molar refractivity (Wildman–Crippen MR) is 83.9 cm³/mol. The Balaban J connectivity index is 2.07. The van der Waals surface area contributed by atoms with E-state index in [-0.39, 0.29) is 9.83 Å². The number of aliphatic carboxylic acids is 1. The molecule has 3 rings (SSSR count). The Morgan fingerprint density at radius 2 is 1.95 bits per heavy atom. The first-order valence-electron chi connectivity index (χ1n) is 6.38. The van der Waals surface area contributed by atoms with Gasteiger partial charge in [-0.05, 0) is 31.3 Å². The van der Waals surface area contributed by atoms with Gasteiger partial charge in [-0.1, -0.05) is 12.1 Å². The standard InChI is InChI=1S/C14H11N3O3S2/c1-7(13(19)20)17-12(18)10(22-14(17)21)6-11-15-8-4-2-3-5-9(8)16-11/h2-7,18H,1H3,(H,19,20)/t7-/m1/s1. The number of thiazole rings is 1. The molecule has 0 amide bonds. The van der Waals surface area contributed by atoms with Crippen molar-refractivity contribution >= 4 is 35.6 Å². The van der Waals surface area contributed by atoms with Crippen LogP contribution in [-0.2, 0) is 4.79 Å². The highest BCUT2D eigenvalue weighted by molar-refractivity contribution is 7.73. The summed E-state index contributed by atoms with van der Waals surface area (Å²) in [4.78, 5) is 20.2. The van der Waals surface area contributed by atoms with Crippen LogP contribution in [0, 0.1) is 3.95 Å². The summed E-state index contributed by atoms with van der Waals surface area (Å²) in [5.74, 6) is -0.798. The Morgan fingerprint density at radius 3 is 2.50 bits per heavy atom. The molecular formula is C14H11N3O3S2. The van der Waals surface area contributed by atoms with Gasteiger partial charge in [-0.2, -0.15) is 0 Å². The van der Waals surface area contributed by atoms with E-state index in [0.29, 0.717) is 10.7 Å². The lowest BCUT2D eigenvalue weighted by atomic mass is 10.3. The summed E-state index contributed by atoms with van der Waals surface area (Å²) < 4.78 is 1.49. The maximum atomic E-state index is 11.1. The minimum atomic E-state index is -1.06. The molecule has 2 N–H and O–H groups in total. The predicted octanol–water partition coefficient (Wildman–Crippen LogP) is 1.88. The fraction of sp³-hybridized carbons (Fsp3) is 0.143. The first-order valence-corrected chi connectivity index (χ1v) is 7.61. The number of benzene rings is 1. The lowest BCUT2D eigenvalue weighted by Gasteiger charge is -2.08. The zero-order valence-electron chi connectivity index (χ0n) is 11.4. The molecule has 0 saturated carbocycles. The molecule has 112 valence electrons. The average Bonchev–Trinajstić information content (AvgIpc) is 2.99. The molecule has 0 saturated heterocycles. The number of para-hydroxylation sites is 2. The average molecular weight is 333 g/mol. The van der Waals surface area contributed by atoms with Crippen molar-refractivity contribution in [3.05, 3.63) is 49.6 Å². The zero-order chi connectivity index (χ0) is 15.9. The molecule has 1 aromatic carbocycles. The van der Waals surface area contributed by atoms with Crippen molar-refractivity contribution < 1.29 is 15.0 Å². The topological polar surface area (TPSA) is 87.2 Å². The van der Waals surface area contributed by atoms with E-state index in [1.54, 1.807) is 6.08 Å². The molecule has 1 aliphatic rings. The Labute approximate surface area is 134 Å². The molecule has 2 aromatic rings. The van der Waals surface area contributed by atoms with Crippen molar-refractivity contribution in [2.24, 2.45) is 9.98 Å². The van der Waals surface area contributed by atoms with Gasteiger partial charge < -0.3 is 10.2 Å². The molecule has 0 spiro atoms. The monoisotopic (exact) mass is 333 g/mol. The summed E-state index contributed by atoms with van der Waals surface area (Å²) in [6.45, 7) is 1.46. The van der Waals surface area contributed by atoms with E-state index < -0.39 is 12.0 Å². The quantitative estimate of drug-likeness (QED) is 0.840. The molecule has 22 heavy (non-hydrogen) atoms. The number of carboxylic acid groups (broad SMARTS) is 1. The van der Waals surface area contributed by atoms with E-state index in [9.17, 15) is 9.90 Å². The van der Waals surface area contributed by atoms with Gasteiger partial charge in [0.1, 0.15) is 6.04 Å². The highest BCUT2D eigenvalue weighted by atomic mass is 32.1. The number of aromatic hydroxyl groups is 1. The van der Waals surface area contributed by atoms with Crippen molar-refractivity contribution in [3.63, 3.8) is 0 Å². The van der Waals surface area contributed by atoms with Crippen LogP contribution in [0.4, 0.5) is 0 Å². The molecule has 0 aliphatic carbocycles. The maximum absolute atomic E-state index is 11.1. The molecule has 2 heterocycles. The normalized spacial score (nSPS) is 14.0. The first kappa shape index (κ1) is 14.6. The van der Waals surface area contributed by atoms with Crippen molar-refractivity contribution in [2.75, 3.05) is 0 Å². The number of aromatic nitrogens is 1. The largest absolute Gasteiger partial charge is 0.493 e. The molecule has 0 fully saturated rings. The van der Waals surface area contributed by atoms with Crippen LogP contribution < -0.4 is 10.7 Å². The number of carbonyl (C=O) groups is 1. The van der Waals surface area contributed by atoms with Crippen molar-refractivity contribution in [1.29, 1.82) is 0 Å². The molecule has 0 bridgehead atoms. The summed E-state index contributed by atoms with van der Waals surface area (Å²) in [5, 5.41) is 20.8. The van der Waals surface area contributed by atoms with Gasteiger partial charge in [-0.25, -0.2) is 14.8 Å². The van der Waals surface area contributed by atoms with E-state index in [4.69, 9.17) is 17.3 Å². The smallest absolute Gasteiger partial charge is 0.326 e. The number of carboxylic acids is 1. The number of fused-ring (bicyclic) bond motifs is 1. The third-order valence-corrected chi connectivity index (χ3v) is 4.54. The van der Waals surface area contributed by atoms with Gasteiger partial charge in [0, 0.05) is 6.08 Å². The third kappa shape index (κ3) is 2.46. The molecular weight excluding hydrogens is 322 g/mol. The fourth-order valence-electron chi connectivity index (χ4n) is 2.05. The molecule has 1 aliphatic heterocycles. The number of nitrogens with zero attached hydrogens (tertiary/aromatic N) is 3. The van der Waals surface area contributed by atoms with Gasteiger partial charge in [0.25, 0.3) is 0 Å². The third-order valence-electron chi connectivity index (χ3n) is 3.20. The van der Waals surface area contributed by atoms with Crippen molar-refractivity contribution in [3.8, 4) is 5.88 Å². The number of hydrogen-bond donors (Lipinski definition) is 2. The highest BCUT2D eigenvalue weighted by Gasteiger charge is 2.21. The van der Waals surface area contributed by atoms with Gasteiger partial charge in [-0.15, -0.1) is 11.3 Å². The van der Waals surface area contributed by atoms with Gasteiger partial charge >= 0.3 is 5.97 Å². The molecule has 8 heteroatoms. The summed E-state index contributed by atoms with van der Waals surface area (Å²) in [6, 6.07) is 6.49. The lowest BCUT2D eigenvalue weighted by molar-refractivity contribution is -0.140. The molecule has 0 radical (unpaired) electrons. The SMILES string of the molecule is C[C@H](C(=O)O)n1c(O)c(C=C2N=c3ccccc3=N2)sc1=S. The number of hydrogen-bond acceptors (Lipinski definition) is 6. The van der Waals surface area contributed by atoms with Crippen LogP contribution in [0.15, 0.2) is 40.1 Å².